The number of hydrogen-bond donors (Lipinski definition) is 1. The van der Waals surface area contributed by atoms with E-state index >= 15 is 0 Å². The van der Waals surface area contributed by atoms with Crippen LogP contribution >= 0.6 is 0 Å². The smallest absolute Gasteiger partial charge is 0.269 e. The Morgan fingerprint density at radius 2 is 2.15 bits per heavy atom. The van der Waals surface area contributed by atoms with E-state index in [4.69, 9.17) is 0 Å². The lowest BCUT2D eigenvalue weighted by molar-refractivity contribution is -0.384. The Hall–Kier alpha value is -1.95. The van der Waals surface area contributed by atoms with E-state index in [1.54, 1.807) is 24.2 Å². The average molecular weight is 275 g/mol. The largest absolute Gasteiger partial charge is 0.369 e. The molecule has 2 aliphatic rings. The first kappa shape index (κ1) is 13.1. The Kier molecular flexibility index (Phi) is 2.97. The van der Waals surface area contributed by atoms with Crippen molar-refractivity contribution in [2.75, 3.05) is 7.05 Å². The van der Waals surface area contributed by atoms with Gasteiger partial charge < -0.3 is 5.11 Å². The summed E-state index contributed by atoms with van der Waals surface area (Å²) in [6.45, 7) is 0. The van der Waals surface area contributed by atoms with Gasteiger partial charge in [-0.1, -0.05) is 0 Å². The first-order chi connectivity index (χ1) is 9.49. The van der Waals surface area contributed by atoms with E-state index in [1.165, 1.54) is 12.1 Å². The van der Waals surface area contributed by atoms with Crippen LogP contribution in [-0.4, -0.2) is 33.5 Å². The standard InChI is InChI=1S/C14H17N3O3/c1-16-14(18)8-2-3-11(9-14)13(15-16)10-4-6-12(7-5-10)17(19)20/h4-7,11,18H,2-3,8-9H2,1H3/t11-,14-/m0/s1. The molecule has 0 saturated heterocycles. The van der Waals surface area contributed by atoms with Gasteiger partial charge in [0.25, 0.3) is 5.69 Å². The fourth-order valence-electron chi connectivity index (χ4n) is 3.14. The normalized spacial score (nSPS) is 29.0. The number of rotatable bonds is 2. The second-order valence-corrected chi connectivity index (χ2v) is 5.59. The van der Waals surface area contributed by atoms with Gasteiger partial charge in [0, 0.05) is 31.5 Å². The third-order valence-electron chi connectivity index (χ3n) is 4.32. The van der Waals surface area contributed by atoms with Crippen molar-refractivity contribution in [3.8, 4) is 0 Å². The van der Waals surface area contributed by atoms with Crippen LogP contribution in [0.5, 0.6) is 0 Å². The number of nitro benzene ring substituents is 1. The predicted octanol–water partition coefficient (Wildman–Crippen LogP) is 2.12. The molecule has 2 bridgehead atoms. The Balaban J connectivity index is 1.95. The van der Waals surface area contributed by atoms with Crippen molar-refractivity contribution in [3.63, 3.8) is 0 Å². The van der Waals surface area contributed by atoms with Gasteiger partial charge in [0.2, 0.25) is 0 Å². The number of fused-ring (bicyclic) bond motifs is 2. The van der Waals surface area contributed by atoms with Crippen molar-refractivity contribution < 1.29 is 10.0 Å². The molecule has 0 unspecified atom stereocenters. The van der Waals surface area contributed by atoms with Gasteiger partial charge in [-0.3, -0.25) is 15.1 Å². The van der Waals surface area contributed by atoms with Crippen LogP contribution < -0.4 is 0 Å². The number of benzene rings is 1. The molecule has 1 aliphatic heterocycles. The molecule has 1 heterocycles. The lowest BCUT2D eigenvalue weighted by atomic mass is 9.77. The summed E-state index contributed by atoms with van der Waals surface area (Å²) in [7, 11) is 1.78. The van der Waals surface area contributed by atoms with Crippen LogP contribution in [0.25, 0.3) is 0 Å². The third kappa shape index (κ3) is 2.06. The number of nitro groups is 1. The molecule has 1 aromatic rings. The Morgan fingerprint density at radius 3 is 2.80 bits per heavy atom. The molecular weight excluding hydrogens is 258 g/mol. The number of nitrogens with zero attached hydrogens (tertiary/aromatic N) is 3. The van der Waals surface area contributed by atoms with Gasteiger partial charge >= 0.3 is 0 Å². The van der Waals surface area contributed by atoms with Crippen molar-refractivity contribution >= 4 is 11.4 Å². The molecule has 1 saturated carbocycles. The van der Waals surface area contributed by atoms with E-state index in [9.17, 15) is 15.2 Å². The fourth-order valence-corrected chi connectivity index (χ4v) is 3.14. The van der Waals surface area contributed by atoms with Crippen molar-refractivity contribution in [3.05, 3.63) is 39.9 Å². The van der Waals surface area contributed by atoms with Crippen LogP contribution in [0.15, 0.2) is 29.4 Å². The van der Waals surface area contributed by atoms with Crippen molar-refractivity contribution in [2.45, 2.75) is 31.4 Å². The third-order valence-corrected chi connectivity index (χ3v) is 4.32. The van der Waals surface area contributed by atoms with Crippen molar-refractivity contribution in [1.82, 2.24) is 5.01 Å². The zero-order valence-electron chi connectivity index (χ0n) is 11.3. The molecule has 0 spiro atoms. The number of hydrogen-bond acceptors (Lipinski definition) is 5. The molecule has 20 heavy (non-hydrogen) atoms. The molecule has 0 aromatic heterocycles. The van der Waals surface area contributed by atoms with E-state index in [0.717, 1.165) is 30.5 Å². The van der Waals surface area contributed by atoms with Gasteiger partial charge in [-0.15, -0.1) is 0 Å². The van der Waals surface area contributed by atoms with Crippen LogP contribution in [0.2, 0.25) is 0 Å². The van der Waals surface area contributed by atoms with E-state index < -0.39 is 10.6 Å². The van der Waals surface area contributed by atoms with Crippen LogP contribution in [0.4, 0.5) is 5.69 Å². The lowest BCUT2D eigenvalue weighted by Crippen LogP contribution is -2.52. The van der Waals surface area contributed by atoms with Gasteiger partial charge in [-0.05, 0) is 37.0 Å². The maximum atomic E-state index is 10.7. The molecule has 0 amide bonds. The number of hydrazone groups is 1. The minimum Gasteiger partial charge on any atom is -0.369 e. The average Bonchev–Trinajstić information content (AvgIpc) is 2.43. The number of non-ortho nitro benzene ring substituents is 1. The van der Waals surface area contributed by atoms with E-state index in [2.05, 4.69) is 5.10 Å². The molecule has 1 aliphatic carbocycles. The molecular formula is C14H17N3O3. The summed E-state index contributed by atoms with van der Waals surface area (Å²) in [6, 6.07) is 6.48. The molecule has 1 aromatic carbocycles. The minimum atomic E-state index is -0.826. The number of aliphatic hydroxyl groups is 1. The molecule has 1 fully saturated rings. The summed E-state index contributed by atoms with van der Waals surface area (Å²) < 4.78 is 0. The quantitative estimate of drug-likeness (QED) is 0.662. The molecule has 6 heteroatoms. The summed E-state index contributed by atoms with van der Waals surface area (Å²) in [6.07, 6.45) is 3.40. The highest BCUT2D eigenvalue weighted by Crippen LogP contribution is 2.40. The fraction of sp³-hybridized carbons (Fsp3) is 0.500. The molecule has 2 atom stereocenters. The first-order valence-electron chi connectivity index (χ1n) is 6.79. The summed E-state index contributed by atoms with van der Waals surface area (Å²) in [5.74, 6) is 0.228. The Labute approximate surface area is 116 Å². The molecule has 6 nitrogen and oxygen atoms in total. The van der Waals surface area contributed by atoms with Crippen LogP contribution in [-0.2, 0) is 0 Å². The molecule has 3 rings (SSSR count). The van der Waals surface area contributed by atoms with E-state index in [1.807, 2.05) is 0 Å². The second-order valence-electron chi connectivity index (χ2n) is 5.59. The van der Waals surface area contributed by atoms with Crippen LogP contribution in [0, 0.1) is 16.0 Å². The van der Waals surface area contributed by atoms with E-state index in [-0.39, 0.29) is 11.6 Å². The molecule has 0 radical (unpaired) electrons. The highest BCUT2D eigenvalue weighted by Gasteiger charge is 2.43. The summed E-state index contributed by atoms with van der Waals surface area (Å²) in [4.78, 5) is 10.3. The topological polar surface area (TPSA) is 79.0 Å². The van der Waals surface area contributed by atoms with Gasteiger partial charge in [-0.2, -0.15) is 5.10 Å². The molecule has 1 N–H and O–H groups in total. The first-order valence-corrected chi connectivity index (χ1v) is 6.79. The summed E-state index contributed by atoms with van der Waals surface area (Å²) in [5, 5.41) is 27.3. The Bertz CT molecular complexity index is 570. The lowest BCUT2D eigenvalue weighted by Gasteiger charge is -2.46. The zero-order valence-corrected chi connectivity index (χ0v) is 11.3. The van der Waals surface area contributed by atoms with Crippen molar-refractivity contribution in [1.29, 1.82) is 0 Å². The summed E-state index contributed by atoms with van der Waals surface area (Å²) in [5.41, 5.74) is 1.08. The van der Waals surface area contributed by atoms with Crippen molar-refractivity contribution in [2.24, 2.45) is 11.0 Å². The van der Waals surface area contributed by atoms with Gasteiger partial charge in [-0.25, -0.2) is 0 Å². The SMILES string of the molecule is CN1N=C(c2ccc([N+](=O)[O-])cc2)[C@H]2CCC[C@]1(O)C2. The zero-order chi connectivity index (χ0) is 14.3. The van der Waals surface area contributed by atoms with Crippen LogP contribution in [0.3, 0.4) is 0 Å². The predicted molar refractivity (Wildman–Crippen MR) is 74.3 cm³/mol. The monoisotopic (exact) mass is 275 g/mol. The van der Waals surface area contributed by atoms with Crippen LogP contribution in [0.1, 0.15) is 31.2 Å². The summed E-state index contributed by atoms with van der Waals surface area (Å²) >= 11 is 0. The van der Waals surface area contributed by atoms with E-state index in [0.29, 0.717) is 6.42 Å². The highest BCUT2D eigenvalue weighted by molar-refractivity contribution is 6.02. The minimum absolute atomic E-state index is 0.0821. The highest BCUT2D eigenvalue weighted by atomic mass is 16.6. The molecule has 106 valence electrons. The van der Waals surface area contributed by atoms with Gasteiger partial charge in [0.05, 0.1) is 10.6 Å². The van der Waals surface area contributed by atoms with Gasteiger partial charge in [0.15, 0.2) is 5.72 Å². The second kappa shape index (κ2) is 4.56. The van der Waals surface area contributed by atoms with Gasteiger partial charge in [0.1, 0.15) is 0 Å². The maximum Gasteiger partial charge on any atom is 0.269 e. The maximum absolute atomic E-state index is 10.7. The Morgan fingerprint density at radius 1 is 1.45 bits per heavy atom.